The van der Waals surface area contributed by atoms with Crippen LogP contribution in [0.1, 0.15) is 28.7 Å². The minimum absolute atomic E-state index is 0.210. The summed E-state index contributed by atoms with van der Waals surface area (Å²) in [6, 6.07) is 6.00. The monoisotopic (exact) mass is 355 g/mol. The summed E-state index contributed by atoms with van der Waals surface area (Å²) in [5.41, 5.74) is -0.436. The zero-order valence-corrected chi connectivity index (χ0v) is 14.2. The van der Waals surface area contributed by atoms with E-state index in [4.69, 9.17) is 23.2 Å². The van der Waals surface area contributed by atoms with Gasteiger partial charge >= 0.3 is 5.97 Å². The Labute approximate surface area is 143 Å². The second-order valence-corrected chi connectivity index (χ2v) is 6.12. The lowest BCUT2D eigenvalue weighted by Gasteiger charge is -2.27. The number of carboxylic acid groups (broad SMARTS) is 1. The average molecular weight is 356 g/mol. The molecule has 0 saturated heterocycles. The highest BCUT2D eigenvalue weighted by Gasteiger charge is 2.38. The summed E-state index contributed by atoms with van der Waals surface area (Å²) in [7, 11) is 1.61. The number of nitrogens with one attached hydrogen (secondary N) is 1. The molecule has 2 rings (SSSR count). The first kappa shape index (κ1) is 17.3. The van der Waals surface area contributed by atoms with Crippen LogP contribution in [0, 0.1) is 6.92 Å². The van der Waals surface area contributed by atoms with Crippen molar-refractivity contribution in [3.63, 3.8) is 0 Å². The molecule has 1 amide bonds. The SMILES string of the molecule is Cc1cc(C(=O)NC(C)(C(=O)O)c2ccc(Cl)c(Cl)c2)n(C)n1. The minimum Gasteiger partial charge on any atom is -0.479 e. The molecule has 8 heteroatoms. The number of hydrogen-bond acceptors (Lipinski definition) is 3. The summed E-state index contributed by atoms with van der Waals surface area (Å²) in [5, 5.41) is 16.7. The molecule has 1 heterocycles. The Hall–Kier alpha value is -2.05. The smallest absolute Gasteiger partial charge is 0.333 e. The molecule has 0 aliphatic rings. The van der Waals surface area contributed by atoms with E-state index >= 15 is 0 Å². The Bertz CT molecular complexity index is 788. The van der Waals surface area contributed by atoms with Crippen LogP contribution in [-0.4, -0.2) is 26.8 Å². The number of halogens is 2. The van der Waals surface area contributed by atoms with Gasteiger partial charge in [0.2, 0.25) is 0 Å². The maximum absolute atomic E-state index is 12.4. The van der Waals surface area contributed by atoms with Crippen molar-refractivity contribution in [1.82, 2.24) is 15.1 Å². The van der Waals surface area contributed by atoms with Gasteiger partial charge in [0.25, 0.3) is 5.91 Å². The molecule has 0 aliphatic heterocycles. The number of carbonyl (C=O) groups excluding carboxylic acids is 1. The highest BCUT2D eigenvalue weighted by Crippen LogP contribution is 2.29. The van der Waals surface area contributed by atoms with Crippen molar-refractivity contribution in [3.8, 4) is 0 Å². The van der Waals surface area contributed by atoms with Crippen LogP contribution >= 0.6 is 23.2 Å². The lowest BCUT2D eigenvalue weighted by Crippen LogP contribution is -2.50. The van der Waals surface area contributed by atoms with E-state index in [1.807, 2.05) is 0 Å². The summed E-state index contributed by atoms with van der Waals surface area (Å²) in [6.07, 6.45) is 0. The summed E-state index contributed by atoms with van der Waals surface area (Å²) in [6.45, 7) is 3.13. The largest absolute Gasteiger partial charge is 0.479 e. The molecule has 122 valence electrons. The van der Waals surface area contributed by atoms with Gasteiger partial charge in [-0.2, -0.15) is 5.10 Å². The summed E-state index contributed by atoms with van der Waals surface area (Å²) in [4.78, 5) is 24.2. The van der Waals surface area contributed by atoms with E-state index in [0.717, 1.165) is 0 Å². The molecule has 0 radical (unpaired) electrons. The van der Waals surface area contributed by atoms with Gasteiger partial charge in [-0.05, 0) is 37.6 Å². The molecule has 1 atom stereocenters. The molecule has 1 unspecified atom stereocenters. The van der Waals surface area contributed by atoms with E-state index in [2.05, 4.69) is 10.4 Å². The Morgan fingerprint density at radius 2 is 1.91 bits per heavy atom. The molecule has 1 aromatic carbocycles. The Morgan fingerprint density at radius 1 is 1.26 bits per heavy atom. The molecule has 23 heavy (non-hydrogen) atoms. The minimum atomic E-state index is -1.66. The molecule has 0 fully saturated rings. The Balaban J connectivity index is 2.41. The maximum atomic E-state index is 12.4. The summed E-state index contributed by atoms with van der Waals surface area (Å²) in [5.74, 6) is -1.77. The van der Waals surface area contributed by atoms with Crippen LogP contribution < -0.4 is 5.32 Å². The first-order valence-electron chi connectivity index (χ1n) is 6.67. The first-order valence-corrected chi connectivity index (χ1v) is 7.43. The van der Waals surface area contributed by atoms with Gasteiger partial charge in [0.05, 0.1) is 15.7 Å². The molecular formula is C15H15Cl2N3O3. The molecule has 0 aliphatic carbocycles. The Morgan fingerprint density at radius 3 is 2.39 bits per heavy atom. The number of aromatic nitrogens is 2. The molecule has 2 N–H and O–H groups in total. The van der Waals surface area contributed by atoms with E-state index in [1.54, 1.807) is 20.0 Å². The number of nitrogens with zero attached hydrogens (tertiary/aromatic N) is 2. The molecule has 6 nitrogen and oxygen atoms in total. The lowest BCUT2D eigenvalue weighted by atomic mass is 9.92. The fraction of sp³-hybridized carbons (Fsp3) is 0.267. The number of carboxylic acids is 1. The van der Waals surface area contributed by atoms with E-state index in [-0.39, 0.29) is 10.7 Å². The molecule has 0 saturated carbocycles. The van der Waals surface area contributed by atoms with Crippen molar-refractivity contribution < 1.29 is 14.7 Å². The van der Waals surface area contributed by atoms with E-state index < -0.39 is 17.4 Å². The van der Waals surface area contributed by atoms with Gasteiger partial charge in [-0.1, -0.05) is 29.3 Å². The fourth-order valence-electron chi connectivity index (χ4n) is 2.17. The van der Waals surface area contributed by atoms with E-state index in [1.165, 1.54) is 29.8 Å². The van der Waals surface area contributed by atoms with Crippen LogP contribution in [-0.2, 0) is 17.4 Å². The van der Waals surface area contributed by atoms with Gasteiger partial charge in [0.15, 0.2) is 5.54 Å². The molecular weight excluding hydrogens is 341 g/mol. The van der Waals surface area contributed by atoms with Crippen LogP contribution in [0.3, 0.4) is 0 Å². The normalized spacial score (nSPS) is 13.4. The highest BCUT2D eigenvalue weighted by atomic mass is 35.5. The third kappa shape index (κ3) is 3.33. The zero-order chi connectivity index (χ0) is 17.4. The number of rotatable bonds is 4. The van der Waals surface area contributed by atoms with Gasteiger partial charge in [-0.25, -0.2) is 4.79 Å². The van der Waals surface area contributed by atoms with Crippen LogP contribution in [0.2, 0.25) is 10.0 Å². The molecule has 0 spiro atoms. The van der Waals surface area contributed by atoms with Crippen LogP contribution in [0.15, 0.2) is 24.3 Å². The Kier molecular flexibility index (Phi) is 4.68. The number of benzene rings is 1. The third-order valence-electron chi connectivity index (χ3n) is 3.52. The van der Waals surface area contributed by atoms with Crippen molar-refractivity contribution >= 4 is 35.1 Å². The number of carbonyl (C=O) groups is 2. The number of aliphatic carboxylic acids is 1. The quantitative estimate of drug-likeness (QED) is 0.882. The number of hydrogen-bond donors (Lipinski definition) is 2. The van der Waals surface area contributed by atoms with Gasteiger partial charge in [-0.15, -0.1) is 0 Å². The number of amides is 1. The molecule has 0 bridgehead atoms. The fourth-order valence-corrected chi connectivity index (χ4v) is 2.47. The summed E-state index contributed by atoms with van der Waals surface area (Å²) >= 11 is 11.8. The van der Waals surface area contributed by atoms with Crippen molar-refractivity contribution in [3.05, 3.63) is 51.3 Å². The predicted molar refractivity (Wildman–Crippen MR) is 86.9 cm³/mol. The second kappa shape index (κ2) is 6.22. The third-order valence-corrected chi connectivity index (χ3v) is 4.26. The standard InChI is InChI=1S/C15H15Cl2N3O3/c1-8-6-12(20(3)19-8)13(21)18-15(2,14(22)23)9-4-5-10(16)11(17)7-9/h4-7H,1-3H3,(H,18,21)(H,22,23). The van der Waals surface area contributed by atoms with Gasteiger partial charge in [0.1, 0.15) is 5.69 Å². The van der Waals surface area contributed by atoms with Crippen molar-refractivity contribution in [2.24, 2.45) is 7.05 Å². The van der Waals surface area contributed by atoms with Crippen LogP contribution in [0.5, 0.6) is 0 Å². The van der Waals surface area contributed by atoms with Crippen molar-refractivity contribution in [1.29, 1.82) is 0 Å². The van der Waals surface area contributed by atoms with Crippen LogP contribution in [0.4, 0.5) is 0 Å². The zero-order valence-electron chi connectivity index (χ0n) is 12.7. The van der Waals surface area contributed by atoms with E-state index in [0.29, 0.717) is 16.3 Å². The first-order chi connectivity index (χ1) is 10.6. The van der Waals surface area contributed by atoms with E-state index in [9.17, 15) is 14.7 Å². The highest BCUT2D eigenvalue weighted by molar-refractivity contribution is 6.42. The lowest BCUT2D eigenvalue weighted by molar-refractivity contribution is -0.144. The number of aryl methyl sites for hydroxylation is 2. The van der Waals surface area contributed by atoms with Gasteiger partial charge in [-0.3, -0.25) is 9.48 Å². The maximum Gasteiger partial charge on any atom is 0.333 e. The molecule has 1 aromatic heterocycles. The topological polar surface area (TPSA) is 84.2 Å². The van der Waals surface area contributed by atoms with Crippen molar-refractivity contribution in [2.75, 3.05) is 0 Å². The second-order valence-electron chi connectivity index (χ2n) is 5.31. The van der Waals surface area contributed by atoms with Gasteiger partial charge < -0.3 is 10.4 Å². The molecule has 2 aromatic rings. The average Bonchev–Trinajstić information content (AvgIpc) is 2.80. The summed E-state index contributed by atoms with van der Waals surface area (Å²) < 4.78 is 1.39. The van der Waals surface area contributed by atoms with Gasteiger partial charge in [0, 0.05) is 7.05 Å². The van der Waals surface area contributed by atoms with Crippen molar-refractivity contribution in [2.45, 2.75) is 19.4 Å². The van der Waals surface area contributed by atoms with Crippen LogP contribution in [0.25, 0.3) is 0 Å². The predicted octanol–water partition coefficient (Wildman–Crippen LogP) is 2.77.